The largest absolute Gasteiger partial charge is 0.497 e. The van der Waals surface area contributed by atoms with Crippen molar-refractivity contribution in [2.24, 2.45) is 5.41 Å². The van der Waals surface area contributed by atoms with Gasteiger partial charge in [-0.05, 0) is 25.8 Å². The number of hydrogen-bond acceptors (Lipinski definition) is 4. The molecule has 1 atom stereocenters. The van der Waals surface area contributed by atoms with Gasteiger partial charge in [0.1, 0.15) is 11.5 Å². The van der Waals surface area contributed by atoms with Crippen LogP contribution < -0.4 is 20.1 Å². The van der Waals surface area contributed by atoms with E-state index >= 15 is 0 Å². The van der Waals surface area contributed by atoms with Crippen molar-refractivity contribution in [3.63, 3.8) is 0 Å². The van der Waals surface area contributed by atoms with E-state index in [0.717, 1.165) is 32.4 Å². The Labute approximate surface area is 126 Å². The molecular weight excluding hydrogens is 268 g/mol. The molecule has 0 radical (unpaired) electrons. The van der Waals surface area contributed by atoms with Gasteiger partial charge >= 0.3 is 0 Å². The lowest BCUT2D eigenvalue weighted by Crippen LogP contribution is -2.47. The molecule has 1 aromatic rings. The molecule has 21 heavy (non-hydrogen) atoms. The summed E-state index contributed by atoms with van der Waals surface area (Å²) < 4.78 is 10.5. The molecular formula is C16H24N2O3. The average Bonchev–Trinajstić information content (AvgIpc) is 2.54. The average molecular weight is 292 g/mol. The van der Waals surface area contributed by atoms with Crippen molar-refractivity contribution in [2.45, 2.75) is 26.2 Å². The number of carbonyl (C=O) groups excluding carboxylic acids is 1. The lowest BCUT2D eigenvalue weighted by atomic mass is 9.77. The number of rotatable bonds is 5. The first-order valence-corrected chi connectivity index (χ1v) is 7.39. The first-order chi connectivity index (χ1) is 10.1. The number of piperidine rings is 1. The van der Waals surface area contributed by atoms with Gasteiger partial charge in [0.05, 0.1) is 19.6 Å². The van der Waals surface area contributed by atoms with E-state index in [9.17, 15) is 4.79 Å². The highest BCUT2D eigenvalue weighted by atomic mass is 16.5. The zero-order chi connectivity index (χ0) is 15.3. The summed E-state index contributed by atoms with van der Waals surface area (Å²) in [5, 5.41) is 6.34. The highest BCUT2D eigenvalue weighted by molar-refractivity contribution is 5.96. The number of nitrogens with one attached hydrogen (secondary N) is 2. The van der Waals surface area contributed by atoms with E-state index in [-0.39, 0.29) is 11.3 Å². The first kappa shape index (κ1) is 15.6. The number of methoxy groups -OCH3 is 2. The minimum atomic E-state index is -0.325. The fourth-order valence-electron chi connectivity index (χ4n) is 2.77. The summed E-state index contributed by atoms with van der Waals surface area (Å²) in [4.78, 5) is 12.7. The predicted octanol–water partition coefficient (Wildman–Crippen LogP) is 2.42. The van der Waals surface area contributed by atoms with Crippen LogP contribution in [0.1, 0.15) is 26.2 Å². The van der Waals surface area contributed by atoms with Crippen LogP contribution in [0, 0.1) is 5.41 Å². The SMILES string of the molecule is CCC1(C(=O)Nc2cc(OC)cc(OC)c2)CCCNC1. The topological polar surface area (TPSA) is 59.6 Å². The molecule has 1 aromatic carbocycles. The van der Waals surface area contributed by atoms with Crippen LogP contribution in [0.25, 0.3) is 0 Å². The summed E-state index contributed by atoms with van der Waals surface area (Å²) in [5.41, 5.74) is 0.378. The molecule has 116 valence electrons. The van der Waals surface area contributed by atoms with E-state index in [2.05, 4.69) is 17.6 Å². The fourth-order valence-corrected chi connectivity index (χ4v) is 2.77. The van der Waals surface area contributed by atoms with Crippen LogP contribution in [-0.2, 0) is 4.79 Å². The van der Waals surface area contributed by atoms with Gasteiger partial charge in [-0.25, -0.2) is 0 Å². The second-order valence-corrected chi connectivity index (χ2v) is 5.47. The molecule has 0 saturated carbocycles. The summed E-state index contributed by atoms with van der Waals surface area (Å²) >= 11 is 0. The van der Waals surface area contributed by atoms with Gasteiger partial charge in [0, 0.05) is 30.4 Å². The number of anilines is 1. The van der Waals surface area contributed by atoms with Crippen LogP contribution in [0.5, 0.6) is 11.5 Å². The molecule has 0 bridgehead atoms. The summed E-state index contributed by atoms with van der Waals surface area (Å²) in [5.74, 6) is 1.39. The smallest absolute Gasteiger partial charge is 0.231 e. The van der Waals surface area contributed by atoms with Gasteiger partial charge in [0.2, 0.25) is 5.91 Å². The van der Waals surface area contributed by atoms with Crippen molar-refractivity contribution >= 4 is 11.6 Å². The predicted molar refractivity (Wildman–Crippen MR) is 83.0 cm³/mol. The molecule has 1 fully saturated rings. The van der Waals surface area contributed by atoms with E-state index < -0.39 is 0 Å². The molecule has 0 aliphatic carbocycles. The standard InChI is InChI=1S/C16H24N2O3/c1-4-16(6-5-7-17-11-16)15(19)18-12-8-13(20-2)10-14(9-12)21-3/h8-10,17H,4-7,11H2,1-3H3,(H,18,19). The molecule has 0 aromatic heterocycles. The zero-order valence-electron chi connectivity index (χ0n) is 13.0. The quantitative estimate of drug-likeness (QED) is 0.875. The highest BCUT2D eigenvalue weighted by Gasteiger charge is 2.37. The number of ether oxygens (including phenoxy) is 2. The van der Waals surface area contributed by atoms with Gasteiger partial charge < -0.3 is 20.1 Å². The Kier molecular flexibility index (Phi) is 5.07. The molecule has 1 saturated heterocycles. The van der Waals surface area contributed by atoms with E-state index in [1.54, 1.807) is 32.4 Å². The van der Waals surface area contributed by atoms with Crippen molar-refractivity contribution in [1.29, 1.82) is 0 Å². The van der Waals surface area contributed by atoms with Gasteiger partial charge in [0.25, 0.3) is 0 Å². The molecule has 1 unspecified atom stereocenters. The first-order valence-electron chi connectivity index (χ1n) is 7.39. The third-order valence-electron chi connectivity index (χ3n) is 4.24. The Morgan fingerprint density at radius 1 is 1.29 bits per heavy atom. The van der Waals surface area contributed by atoms with Crippen LogP contribution in [-0.4, -0.2) is 33.2 Å². The van der Waals surface area contributed by atoms with Gasteiger partial charge in [0.15, 0.2) is 0 Å². The fraction of sp³-hybridized carbons (Fsp3) is 0.562. The second kappa shape index (κ2) is 6.80. The van der Waals surface area contributed by atoms with Gasteiger partial charge in [-0.15, -0.1) is 0 Å². The molecule has 2 rings (SSSR count). The molecule has 1 amide bonds. The van der Waals surface area contributed by atoms with E-state index in [1.807, 2.05) is 0 Å². The Morgan fingerprint density at radius 3 is 2.43 bits per heavy atom. The molecule has 5 nitrogen and oxygen atoms in total. The van der Waals surface area contributed by atoms with Gasteiger partial charge in [-0.1, -0.05) is 6.92 Å². The Bertz CT molecular complexity index is 474. The molecule has 0 spiro atoms. The maximum Gasteiger partial charge on any atom is 0.231 e. The minimum absolute atomic E-state index is 0.0625. The number of carbonyl (C=O) groups is 1. The zero-order valence-corrected chi connectivity index (χ0v) is 13.0. The number of hydrogen-bond donors (Lipinski definition) is 2. The molecule has 2 N–H and O–H groups in total. The van der Waals surface area contributed by atoms with Crippen LogP contribution in [0.15, 0.2) is 18.2 Å². The van der Waals surface area contributed by atoms with Gasteiger partial charge in [-0.2, -0.15) is 0 Å². The van der Waals surface area contributed by atoms with Crippen LogP contribution in [0.4, 0.5) is 5.69 Å². The van der Waals surface area contributed by atoms with Crippen LogP contribution in [0.2, 0.25) is 0 Å². The van der Waals surface area contributed by atoms with Crippen LogP contribution >= 0.6 is 0 Å². The number of benzene rings is 1. The Hall–Kier alpha value is -1.75. The van der Waals surface area contributed by atoms with Gasteiger partial charge in [-0.3, -0.25) is 4.79 Å². The monoisotopic (exact) mass is 292 g/mol. The third-order valence-corrected chi connectivity index (χ3v) is 4.24. The Morgan fingerprint density at radius 2 is 1.95 bits per heavy atom. The van der Waals surface area contributed by atoms with Crippen molar-refractivity contribution in [3.05, 3.63) is 18.2 Å². The second-order valence-electron chi connectivity index (χ2n) is 5.47. The van der Waals surface area contributed by atoms with Crippen molar-refractivity contribution in [2.75, 3.05) is 32.6 Å². The van der Waals surface area contributed by atoms with Crippen molar-refractivity contribution in [1.82, 2.24) is 5.32 Å². The van der Waals surface area contributed by atoms with Crippen molar-refractivity contribution < 1.29 is 14.3 Å². The van der Waals surface area contributed by atoms with E-state index in [4.69, 9.17) is 9.47 Å². The summed E-state index contributed by atoms with van der Waals surface area (Å²) in [6.07, 6.45) is 2.78. The van der Waals surface area contributed by atoms with E-state index in [1.165, 1.54) is 0 Å². The maximum absolute atomic E-state index is 12.7. The Balaban J connectivity index is 2.18. The normalized spacial score (nSPS) is 21.7. The van der Waals surface area contributed by atoms with Crippen LogP contribution in [0.3, 0.4) is 0 Å². The maximum atomic E-state index is 12.7. The lowest BCUT2D eigenvalue weighted by Gasteiger charge is -2.35. The highest BCUT2D eigenvalue weighted by Crippen LogP contribution is 2.33. The molecule has 1 heterocycles. The lowest BCUT2D eigenvalue weighted by molar-refractivity contribution is -0.126. The summed E-state index contributed by atoms with van der Waals surface area (Å²) in [7, 11) is 3.19. The summed E-state index contributed by atoms with van der Waals surface area (Å²) in [6, 6.07) is 5.40. The third kappa shape index (κ3) is 3.47. The molecule has 1 aliphatic heterocycles. The van der Waals surface area contributed by atoms with Crippen molar-refractivity contribution in [3.8, 4) is 11.5 Å². The number of amides is 1. The molecule has 5 heteroatoms. The summed E-state index contributed by atoms with van der Waals surface area (Å²) in [6.45, 7) is 3.79. The van der Waals surface area contributed by atoms with E-state index in [0.29, 0.717) is 17.2 Å². The minimum Gasteiger partial charge on any atom is -0.497 e. The molecule has 1 aliphatic rings.